The Balaban J connectivity index is 1.60. The molecule has 1 aliphatic heterocycles. The van der Waals surface area contributed by atoms with Gasteiger partial charge in [0.25, 0.3) is 0 Å². The van der Waals surface area contributed by atoms with Crippen molar-refractivity contribution in [3.05, 3.63) is 65.0 Å². The first-order chi connectivity index (χ1) is 14.1. The van der Waals surface area contributed by atoms with E-state index >= 15 is 0 Å². The van der Waals surface area contributed by atoms with Gasteiger partial charge < -0.3 is 15.4 Å². The highest BCUT2D eigenvalue weighted by atomic mass is 16.5. The van der Waals surface area contributed by atoms with E-state index in [0.717, 1.165) is 60.1 Å². The van der Waals surface area contributed by atoms with Crippen molar-refractivity contribution in [3.8, 4) is 22.5 Å². The molecule has 6 nitrogen and oxygen atoms in total. The molecule has 1 aromatic carbocycles. The molecule has 0 unspecified atom stereocenters. The number of aryl methyl sites for hydroxylation is 1. The lowest BCUT2D eigenvalue weighted by atomic mass is 10.0. The first kappa shape index (κ1) is 17.8. The molecule has 146 valence electrons. The normalized spacial score (nSPS) is 15.1. The fourth-order valence-corrected chi connectivity index (χ4v) is 4.13. The summed E-state index contributed by atoms with van der Waals surface area (Å²) in [6.07, 6.45) is 2.45. The maximum atomic E-state index is 12.2. The zero-order valence-electron chi connectivity index (χ0n) is 16.3. The molecular weight excluding hydrogens is 364 g/mol. The molecule has 6 heteroatoms. The zero-order chi connectivity index (χ0) is 20.0. The third-order valence-corrected chi connectivity index (χ3v) is 5.68. The summed E-state index contributed by atoms with van der Waals surface area (Å²) in [5, 5.41) is 0. The Kier molecular flexibility index (Phi) is 4.28. The van der Waals surface area contributed by atoms with E-state index in [2.05, 4.69) is 28.1 Å². The number of rotatable bonds is 3. The number of nitrogens with zero attached hydrogens (tertiary/aromatic N) is 3. The number of hydrogen-bond donors (Lipinski definition) is 1. The predicted octanol–water partition coefficient (Wildman–Crippen LogP) is 2.96. The molecule has 1 amide bonds. The minimum Gasteiger partial charge on any atom is -0.378 e. The second-order valence-electron chi connectivity index (χ2n) is 7.55. The van der Waals surface area contributed by atoms with E-state index in [4.69, 9.17) is 15.5 Å². The van der Waals surface area contributed by atoms with Gasteiger partial charge in [-0.2, -0.15) is 0 Å². The largest absolute Gasteiger partial charge is 0.378 e. The lowest BCUT2D eigenvalue weighted by Gasteiger charge is -2.29. The number of primary amides is 1. The van der Waals surface area contributed by atoms with Gasteiger partial charge in [0, 0.05) is 53.8 Å². The number of pyridine rings is 2. The van der Waals surface area contributed by atoms with Crippen LogP contribution in [0.25, 0.3) is 22.5 Å². The topological polar surface area (TPSA) is 81.3 Å². The Morgan fingerprint density at radius 1 is 1.14 bits per heavy atom. The standard InChI is InChI=1S/C23H22N4O2/c1-14-2-3-15(13-25-14)21-12-20(23(24)28)19-11-16-10-17(27-6-8-29-9-7-27)4-5-18(16)22(19)26-21/h2-5,10,12-13H,6-9,11H2,1H3,(H2,24,28). The van der Waals surface area contributed by atoms with Crippen LogP contribution in [0.5, 0.6) is 0 Å². The summed E-state index contributed by atoms with van der Waals surface area (Å²) in [4.78, 5) is 23.8. The number of morpholine rings is 1. The van der Waals surface area contributed by atoms with Crippen molar-refractivity contribution in [2.45, 2.75) is 13.3 Å². The Morgan fingerprint density at radius 3 is 2.69 bits per heavy atom. The van der Waals surface area contributed by atoms with Crippen molar-refractivity contribution >= 4 is 11.6 Å². The summed E-state index contributed by atoms with van der Waals surface area (Å²) in [5.74, 6) is -0.425. The monoisotopic (exact) mass is 386 g/mol. The van der Waals surface area contributed by atoms with Gasteiger partial charge in [-0.05, 0) is 48.4 Å². The van der Waals surface area contributed by atoms with Gasteiger partial charge in [-0.15, -0.1) is 0 Å². The Labute approximate surface area is 169 Å². The average Bonchev–Trinajstić information content (AvgIpc) is 3.12. The van der Waals surface area contributed by atoms with Crippen molar-refractivity contribution in [1.82, 2.24) is 9.97 Å². The second kappa shape index (κ2) is 6.97. The van der Waals surface area contributed by atoms with E-state index in [1.165, 1.54) is 11.3 Å². The molecule has 0 atom stereocenters. The maximum Gasteiger partial charge on any atom is 0.249 e. The highest BCUT2D eigenvalue weighted by molar-refractivity contribution is 5.98. The number of ether oxygens (including phenoxy) is 1. The van der Waals surface area contributed by atoms with Gasteiger partial charge in [0.2, 0.25) is 5.91 Å². The second-order valence-corrected chi connectivity index (χ2v) is 7.55. The maximum absolute atomic E-state index is 12.2. The van der Waals surface area contributed by atoms with Crippen LogP contribution in [0.2, 0.25) is 0 Å². The van der Waals surface area contributed by atoms with Crippen LogP contribution in [0.1, 0.15) is 27.2 Å². The van der Waals surface area contributed by atoms with Crippen molar-refractivity contribution < 1.29 is 9.53 Å². The van der Waals surface area contributed by atoms with Crippen LogP contribution in [0.3, 0.4) is 0 Å². The van der Waals surface area contributed by atoms with Crippen LogP contribution in [0.15, 0.2) is 42.6 Å². The van der Waals surface area contributed by atoms with Gasteiger partial charge in [-0.25, -0.2) is 4.98 Å². The van der Waals surface area contributed by atoms with Gasteiger partial charge in [0.1, 0.15) is 0 Å². The summed E-state index contributed by atoms with van der Waals surface area (Å²) in [6.45, 7) is 5.22. The molecule has 0 radical (unpaired) electrons. The number of anilines is 1. The molecule has 29 heavy (non-hydrogen) atoms. The lowest BCUT2D eigenvalue weighted by molar-refractivity contribution is 0.0999. The molecule has 2 aliphatic rings. The fourth-order valence-electron chi connectivity index (χ4n) is 4.13. The van der Waals surface area contributed by atoms with E-state index in [1.54, 1.807) is 12.3 Å². The van der Waals surface area contributed by atoms with Crippen LogP contribution >= 0.6 is 0 Å². The number of benzene rings is 1. The average molecular weight is 386 g/mol. The van der Waals surface area contributed by atoms with Crippen molar-refractivity contribution in [3.63, 3.8) is 0 Å². The number of fused-ring (bicyclic) bond motifs is 3. The molecule has 0 spiro atoms. The number of nitrogens with two attached hydrogens (primary N) is 1. The van der Waals surface area contributed by atoms with Gasteiger partial charge in [-0.3, -0.25) is 9.78 Å². The van der Waals surface area contributed by atoms with Gasteiger partial charge in [-0.1, -0.05) is 6.07 Å². The molecule has 1 aliphatic carbocycles. The number of carbonyl (C=O) groups is 1. The van der Waals surface area contributed by atoms with E-state index in [9.17, 15) is 4.79 Å². The first-order valence-corrected chi connectivity index (χ1v) is 9.83. The summed E-state index contributed by atoms with van der Waals surface area (Å²) in [5.41, 5.74) is 14.0. The Hall–Kier alpha value is -3.25. The third-order valence-electron chi connectivity index (χ3n) is 5.68. The molecular formula is C23H22N4O2. The summed E-state index contributed by atoms with van der Waals surface area (Å²) < 4.78 is 5.46. The molecule has 0 saturated carbocycles. The fraction of sp³-hybridized carbons (Fsp3) is 0.261. The van der Waals surface area contributed by atoms with Crippen LogP contribution in [-0.2, 0) is 11.2 Å². The lowest BCUT2D eigenvalue weighted by Crippen LogP contribution is -2.36. The quantitative estimate of drug-likeness (QED) is 0.585. The van der Waals surface area contributed by atoms with E-state index in [-0.39, 0.29) is 0 Å². The van der Waals surface area contributed by atoms with Gasteiger partial charge >= 0.3 is 0 Å². The molecule has 3 heterocycles. The molecule has 1 saturated heterocycles. The number of carbonyl (C=O) groups excluding carboxylic acids is 1. The minimum atomic E-state index is -0.425. The van der Waals surface area contributed by atoms with E-state index in [1.807, 2.05) is 19.1 Å². The Bertz CT molecular complexity index is 1100. The smallest absolute Gasteiger partial charge is 0.249 e. The number of hydrogen-bond acceptors (Lipinski definition) is 5. The van der Waals surface area contributed by atoms with Crippen molar-refractivity contribution in [2.75, 3.05) is 31.2 Å². The number of aromatic nitrogens is 2. The SMILES string of the molecule is Cc1ccc(-c2cc(C(N)=O)c3c(n2)-c2ccc(N4CCOCC4)cc2C3)cn1. The molecule has 3 aromatic rings. The highest BCUT2D eigenvalue weighted by Gasteiger charge is 2.27. The highest BCUT2D eigenvalue weighted by Crippen LogP contribution is 2.40. The minimum absolute atomic E-state index is 0.425. The zero-order valence-corrected chi connectivity index (χ0v) is 16.3. The van der Waals surface area contributed by atoms with Gasteiger partial charge in [0.05, 0.1) is 24.6 Å². The van der Waals surface area contributed by atoms with Crippen LogP contribution < -0.4 is 10.6 Å². The molecule has 1 fully saturated rings. The summed E-state index contributed by atoms with van der Waals surface area (Å²) in [6, 6.07) is 12.2. The van der Waals surface area contributed by atoms with E-state index < -0.39 is 5.91 Å². The van der Waals surface area contributed by atoms with Gasteiger partial charge in [0.15, 0.2) is 0 Å². The number of amides is 1. The van der Waals surface area contributed by atoms with Crippen molar-refractivity contribution in [1.29, 1.82) is 0 Å². The molecule has 2 aromatic heterocycles. The third kappa shape index (κ3) is 3.15. The van der Waals surface area contributed by atoms with Crippen LogP contribution in [0, 0.1) is 6.92 Å². The summed E-state index contributed by atoms with van der Waals surface area (Å²) in [7, 11) is 0. The first-order valence-electron chi connectivity index (χ1n) is 9.83. The van der Waals surface area contributed by atoms with Crippen LogP contribution in [0.4, 0.5) is 5.69 Å². The molecule has 2 N–H and O–H groups in total. The van der Waals surface area contributed by atoms with Crippen LogP contribution in [-0.4, -0.2) is 42.2 Å². The Morgan fingerprint density at radius 2 is 1.97 bits per heavy atom. The molecule has 5 rings (SSSR count). The van der Waals surface area contributed by atoms with E-state index in [0.29, 0.717) is 12.0 Å². The molecule has 0 bridgehead atoms. The summed E-state index contributed by atoms with van der Waals surface area (Å²) >= 11 is 0. The predicted molar refractivity (Wildman–Crippen MR) is 112 cm³/mol. The van der Waals surface area contributed by atoms with Crippen molar-refractivity contribution in [2.24, 2.45) is 5.73 Å².